The zero-order chi connectivity index (χ0) is 12.5. The third-order valence-corrected chi connectivity index (χ3v) is 2.28. The van der Waals surface area contributed by atoms with Gasteiger partial charge in [0.1, 0.15) is 11.6 Å². The Kier molecular flexibility index (Phi) is 5.88. The molecule has 0 amide bonds. The van der Waals surface area contributed by atoms with E-state index in [2.05, 4.69) is 5.16 Å². The van der Waals surface area contributed by atoms with Crippen LogP contribution in [0, 0.1) is 0 Å². The quantitative estimate of drug-likeness (QED) is 0.249. The van der Waals surface area contributed by atoms with Crippen molar-refractivity contribution in [1.82, 2.24) is 0 Å². The maximum absolute atomic E-state index is 8.33. The molecule has 0 spiro atoms. The molecule has 17 heavy (non-hydrogen) atoms. The lowest BCUT2D eigenvalue weighted by atomic mass is 10.2. The molecule has 94 valence electrons. The van der Waals surface area contributed by atoms with Crippen molar-refractivity contribution in [2.75, 3.05) is 13.7 Å². The molecule has 1 aromatic carbocycles. The molecule has 0 unspecified atom stereocenters. The number of oxime groups is 1. The summed E-state index contributed by atoms with van der Waals surface area (Å²) < 4.78 is 10.5. The first-order valence-corrected chi connectivity index (χ1v) is 5.43. The number of amidine groups is 1. The molecular formula is C12H18N2O3. The van der Waals surface area contributed by atoms with Crippen molar-refractivity contribution in [2.24, 2.45) is 10.9 Å². The van der Waals surface area contributed by atoms with E-state index in [9.17, 15) is 0 Å². The summed E-state index contributed by atoms with van der Waals surface area (Å²) in [6.45, 7) is 1.14. The van der Waals surface area contributed by atoms with Gasteiger partial charge < -0.3 is 20.4 Å². The summed E-state index contributed by atoms with van der Waals surface area (Å²) in [6.07, 6.45) is 1.28. The molecule has 1 rings (SSSR count). The van der Waals surface area contributed by atoms with Crippen LogP contribution in [-0.2, 0) is 11.3 Å². The lowest BCUT2D eigenvalue weighted by Gasteiger charge is -2.05. The van der Waals surface area contributed by atoms with Gasteiger partial charge in [-0.15, -0.1) is 0 Å². The van der Waals surface area contributed by atoms with Gasteiger partial charge in [0.2, 0.25) is 0 Å². The minimum Gasteiger partial charge on any atom is -0.497 e. The first kappa shape index (κ1) is 13.3. The van der Waals surface area contributed by atoms with E-state index in [0.717, 1.165) is 17.7 Å². The second-order valence-corrected chi connectivity index (χ2v) is 3.60. The third-order valence-electron chi connectivity index (χ3n) is 2.28. The summed E-state index contributed by atoms with van der Waals surface area (Å²) in [5.74, 6) is 1.07. The van der Waals surface area contributed by atoms with Crippen LogP contribution < -0.4 is 10.5 Å². The van der Waals surface area contributed by atoms with Crippen molar-refractivity contribution in [1.29, 1.82) is 0 Å². The van der Waals surface area contributed by atoms with E-state index in [0.29, 0.717) is 19.6 Å². The van der Waals surface area contributed by atoms with Crippen molar-refractivity contribution >= 4 is 5.84 Å². The lowest BCUT2D eigenvalue weighted by Crippen LogP contribution is -2.12. The van der Waals surface area contributed by atoms with Crippen LogP contribution in [0.25, 0.3) is 0 Å². The van der Waals surface area contributed by atoms with Crippen LogP contribution in [-0.4, -0.2) is 24.8 Å². The molecular weight excluding hydrogens is 220 g/mol. The van der Waals surface area contributed by atoms with Gasteiger partial charge in [0.15, 0.2) is 0 Å². The van der Waals surface area contributed by atoms with Crippen LogP contribution in [0.3, 0.4) is 0 Å². The monoisotopic (exact) mass is 238 g/mol. The fraction of sp³-hybridized carbons (Fsp3) is 0.417. The van der Waals surface area contributed by atoms with Gasteiger partial charge in [-0.3, -0.25) is 0 Å². The van der Waals surface area contributed by atoms with Crippen LogP contribution in [0.5, 0.6) is 5.75 Å². The average molecular weight is 238 g/mol. The Bertz CT molecular complexity index is 349. The highest BCUT2D eigenvalue weighted by Gasteiger charge is 1.96. The summed E-state index contributed by atoms with van der Waals surface area (Å²) in [4.78, 5) is 0. The maximum Gasteiger partial charge on any atom is 0.139 e. The van der Waals surface area contributed by atoms with E-state index in [4.69, 9.17) is 20.4 Å². The number of benzene rings is 1. The Balaban J connectivity index is 2.17. The zero-order valence-corrected chi connectivity index (χ0v) is 9.93. The van der Waals surface area contributed by atoms with Crippen LogP contribution in [0.1, 0.15) is 18.4 Å². The number of hydrogen-bond donors (Lipinski definition) is 2. The summed E-state index contributed by atoms with van der Waals surface area (Å²) in [7, 11) is 1.64. The van der Waals surface area contributed by atoms with Crippen LogP contribution >= 0.6 is 0 Å². The van der Waals surface area contributed by atoms with E-state index in [1.807, 2.05) is 24.3 Å². The smallest absolute Gasteiger partial charge is 0.139 e. The van der Waals surface area contributed by atoms with Gasteiger partial charge >= 0.3 is 0 Å². The molecule has 0 atom stereocenters. The molecule has 5 nitrogen and oxygen atoms in total. The number of rotatable bonds is 7. The highest BCUT2D eigenvalue weighted by Crippen LogP contribution is 2.11. The zero-order valence-electron chi connectivity index (χ0n) is 9.93. The maximum atomic E-state index is 8.33. The average Bonchev–Trinajstić information content (AvgIpc) is 2.38. The van der Waals surface area contributed by atoms with Crippen molar-refractivity contribution in [2.45, 2.75) is 19.4 Å². The Morgan fingerprint density at radius 1 is 1.35 bits per heavy atom. The highest BCUT2D eigenvalue weighted by atomic mass is 16.5. The number of methoxy groups -OCH3 is 1. The lowest BCUT2D eigenvalue weighted by molar-refractivity contribution is 0.119. The first-order chi connectivity index (χ1) is 8.26. The van der Waals surface area contributed by atoms with E-state index < -0.39 is 0 Å². The molecule has 0 fully saturated rings. The second kappa shape index (κ2) is 7.51. The predicted octanol–water partition coefficient (Wildman–Crippen LogP) is 1.74. The normalized spacial score (nSPS) is 11.5. The van der Waals surface area contributed by atoms with Gasteiger partial charge in [-0.05, 0) is 24.1 Å². The van der Waals surface area contributed by atoms with E-state index in [1.165, 1.54) is 0 Å². The van der Waals surface area contributed by atoms with E-state index >= 15 is 0 Å². The summed E-state index contributed by atoms with van der Waals surface area (Å²) >= 11 is 0. The molecule has 0 radical (unpaired) electrons. The minimum absolute atomic E-state index is 0.234. The van der Waals surface area contributed by atoms with Crippen LogP contribution in [0.4, 0.5) is 0 Å². The molecule has 0 aliphatic rings. The van der Waals surface area contributed by atoms with Crippen molar-refractivity contribution in [3.63, 3.8) is 0 Å². The van der Waals surface area contributed by atoms with Crippen LogP contribution in [0.15, 0.2) is 29.4 Å². The molecule has 0 aromatic heterocycles. The molecule has 5 heteroatoms. The van der Waals surface area contributed by atoms with Crippen LogP contribution in [0.2, 0.25) is 0 Å². The van der Waals surface area contributed by atoms with Gasteiger partial charge in [0, 0.05) is 13.0 Å². The Labute approximate surface area is 101 Å². The van der Waals surface area contributed by atoms with Crippen molar-refractivity contribution in [3.05, 3.63) is 29.8 Å². The van der Waals surface area contributed by atoms with Gasteiger partial charge in [-0.1, -0.05) is 17.3 Å². The Morgan fingerprint density at radius 2 is 2.06 bits per heavy atom. The largest absolute Gasteiger partial charge is 0.497 e. The van der Waals surface area contributed by atoms with Gasteiger partial charge in [-0.25, -0.2) is 0 Å². The fourth-order valence-corrected chi connectivity index (χ4v) is 1.32. The summed E-state index contributed by atoms with van der Waals surface area (Å²) in [5, 5.41) is 11.2. The first-order valence-electron chi connectivity index (χ1n) is 5.43. The van der Waals surface area contributed by atoms with E-state index in [1.54, 1.807) is 7.11 Å². The number of hydrogen-bond acceptors (Lipinski definition) is 4. The third kappa shape index (κ3) is 5.21. The molecule has 0 saturated carbocycles. The topological polar surface area (TPSA) is 77.1 Å². The van der Waals surface area contributed by atoms with Gasteiger partial charge in [-0.2, -0.15) is 0 Å². The molecule has 0 bridgehead atoms. The molecule has 0 aliphatic carbocycles. The number of nitrogens with zero attached hydrogens (tertiary/aromatic N) is 1. The molecule has 1 aromatic rings. The van der Waals surface area contributed by atoms with E-state index in [-0.39, 0.29) is 5.84 Å². The Hall–Kier alpha value is -1.75. The highest BCUT2D eigenvalue weighted by molar-refractivity contribution is 5.79. The fourth-order valence-electron chi connectivity index (χ4n) is 1.32. The molecule has 0 saturated heterocycles. The van der Waals surface area contributed by atoms with Gasteiger partial charge in [0.05, 0.1) is 13.7 Å². The Morgan fingerprint density at radius 3 is 2.65 bits per heavy atom. The summed E-state index contributed by atoms with van der Waals surface area (Å²) in [5.41, 5.74) is 6.42. The minimum atomic E-state index is 0.234. The number of nitrogens with two attached hydrogens (primary N) is 1. The molecule has 0 heterocycles. The van der Waals surface area contributed by atoms with Crippen molar-refractivity contribution in [3.8, 4) is 5.75 Å². The standard InChI is InChI=1S/C12H18N2O3/c1-16-11-6-4-10(5-7-11)9-17-8-2-3-12(13)14-15/h4-7,15H,2-3,8-9H2,1H3,(H2,13,14). The van der Waals surface area contributed by atoms with Gasteiger partial charge in [0.25, 0.3) is 0 Å². The predicted molar refractivity (Wildman–Crippen MR) is 65.3 cm³/mol. The molecule has 0 aliphatic heterocycles. The number of ether oxygens (including phenoxy) is 2. The second-order valence-electron chi connectivity index (χ2n) is 3.60. The summed E-state index contributed by atoms with van der Waals surface area (Å²) in [6, 6.07) is 7.72. The van der Waals surface area contributed by atoms with Crippen molar-refractivity contribution < 1.29 is 14.7 Å². The molecule has 3 N–H and O–H groups in total. The SMILES string of the molecule is COc1ccc(COCCC/C(N)=N/O)cc1.